The van der Waals surface area contributed by atoms with Crippen molar-refractivity contribution in [2.24, 2.45) is 0 Å². The van der Waals surface area contributed by atoms with Gasteiger partial charge in [0.1, 0.15) is 0 Å². The predicted molar refractivity (Wildman–Crippen MR) is 67.3 cm³/mol. The molecule has 0 aliphatic heterocycles. The fourth-order valence-electron chi connectivity index (χ4n) is 1.72. The summed E-state index contributed by atoms with van der Waals surface area (Å²) in [6.45, 7) is 0. The molecule has 0 saturated carbocycles. The molecule has 16 heavy (non-hydrogen) atoms. The van der Waals surface area contributed by atoms with Crippen molar-refractivity contribution in [1.82, 2.24) is 0 Å². The molecule has 0 spiro atoms. The number of rotatable bonds is 7. The molecule has 0 aliphatic carbocycles. The number of phenolic OH excluding ortho intramolecular Hbond substituents is 2. The highest BCUT2D eigenvalue weighted by molar-refractivity contribution is 6.17. The first-order chi connectivity index (χ1) is 7.75. The Kier molecular flexibility index (Phi) is 6.09. The van der Waals surface area contributed by atoms with Gasteiger partial charge < -0.3 is 10.2 Å². The zero-order chi connectivity index (χ0) is 11.8. The molecular weight excluding hydrogens is 224 g/mol. The van der Waals surface area contributed by atoms with Crippen molar-refractivity contribution in [3.8, 4) is 11.5 Å². The van der Waals surface area contributed by atoms with E-state index in [1.807, 2.05) is 6.07 Å². The zero-order valence-corrected chi connectivity index (χ0v) is 10.2. The summed E-state index contributed by atoms with van der Waals surface area (Å²) in [6.07, 6.45) is 6.45. The molecule has 1 aromatic carbocycles. The van der Waals surface area contributed by atoms with Crippen LogP contribution >= 0.6 is 11.6 Å². The zero-order valence-electron chi connectivity index (χ0n) is 9.45. The quantitative estimate of drug-likeness (QED) is 0.433. The van der Waals surface area contributed by atoms with Crippen molar-refractivity contribution < 1.29 is 10.2 Å². The number of alkyl halides is 1. The predicted octanol–water partition coefficient (Wildman–Crippen LogP) is 3.83. The third-order valence-corrected chi connectivity index (χ3v) is 2.95. The molecule has 0 fully saturated rings. The number of hydrogen-bond acceptors (Lipinski definition) is 2. The van der Waals surface area contributed by atoms with E-state index in [4.69, 9.17) is 11.6 Å². The van der Waals surface area contributed by atoms with Crippen LogP contribution in [-0.2, 0) is 6.42 Å². The van der Waals surface area contributed by atoms with Crippen molar-refractivity contribution in [3.05, 3.63) is 23.8 Å². The number of phenols is 2. The van der Waals surface area contributed by atoms with Crippen molar-refractivity contribution in [2.75, 3.05) is 5.88 Å². The highest BCUT2D eigenvalue weighted by atomic mass is 35.5. The maximum atomic E-state index is 9.57. The van der Waals surface area contributed by atoms with Crippen LogP contribution in [0.4, 0.5) is 0 Å². The molecule has 0 aromatic heterocycles. The Bertz CT molecular complexity index is 313. The molecule has 1 rings (SSSR count). The number of aryl methyl sites for hydroxylation is 1. The number of para-hydroxylation sites is 1. The summed E-state index contributed by atoms with van der Waals surface area (Å²) >= 11 is 5.59. The maximum Gasteiger partial charge on any atom is 0.160 e. The Morgan fingerprint density at radius 3 is 2.38 bits per heavy atom. The van der Waals surface area contributed by atoms with E-state index in [9.17, 15) is 10.2 Å². The smallest absolute Gasteiger partial charge is 0.160 e. The van der Waals surface area contributed by atoms with Crippen LogP contribution in [0.5, 0.6) is 11.5 Å². The molecule has 0 atom stereocenters. The molecule has 0 unspecified atom stereocenters. The normalized spacial score (nSPS) is 10.6. The molecule has 90 valence electrons. The van der Waals surface area contributed by atoms with Crippen LogP contribution in [0.25, 0.3) is 0 Å². The van der Waals surface area contributed by atoms with E-state index in [1.165, 1.54) is 18.9 Å². The largest absolute Gasteiger partial charge is 0.504 e. The number of unbranched alkanes of at least 4 members (excludes halogenated alkanes) is 4. The summed E-state index contributed by atoms with van der Waals surface area (Å²) < 4.78 is 0. The average molecular weight is 243 g/mol. The first kappa shape index (κ1) is 13.2. The lowest BCUT2D eigenvalue weighted by Gasteiger charge is -2.05. The third-order valence-electron chi connectivity index (χ3n) is 2.68. The molecule has 2 N–H and O–H groups in total. The van der Waals surface area contributed by atoms with Crippen LogP contribution in [0.3, 0.4) is 0 Å². The molecule has 3 heteroatoms. The van der Waals surface area contributed by atoms with E-state index in [2.05, 4.69) is 0 Å². The lowest BCUT2D eigenvalue weighted by molar-refractivity contribution is 0.398. The van der Waals surface area contributed by atoms with Crippen LogP contribution < -0.4 is 0 Å². The summed E-state index contributed by atoms with van der Waals surface area (Å²) in [7, 11) is 0. The van der Waals surface area contributed by atoms with E-state index in [1.54, 1.807) is 6.07 Å². The molecule has 0 saturated heterocycles. The van der Waals surface area contributed by atoms with E-state index in [0.29, 0.717) is 0 Å². The van der Waals surface area contributed by atoms with Gasteiger partial charge in [-0.05, 0) is 30.9 Å². The van der Waals surface area contributed by atoms with E-state index in [0.717, 1.165) is 37.1 Å². The van der Waals surface area contributed by atoms with Crippen molar-refractivity contribution in [3.63, 3.8) is 0 Å². The summed E-state index contributed by atoms with van der Waals surface area (Å²) in [5.74, 6) is 0.746. The Morgan fingerprint density at radius 1 is 0.938 bits per heavy atom. The number of benzene rings is 1. The number of hydrogen-bond donors (Lipinski definition) is 2. The van der Waals surface area contributed by atoms with E-state index < -0.39 is 0 Å². The fourth-order valence-corrected chi connectivity index (χ4v) is 1.91. The van der Waals surface area contributed by atoms with Crippen LogP contribution in [0, 0.1) is 0 Å². The molecule has 0 aliphatic rings. The molecule has 2 nitrogen and oxygen atoms in total. The van der Waals surface area contributed by atoms with Crippen molar-refractivity contribution in [1.29, 1.82) is 0 Å². The first-order valence-corrected chi connectivity index (χ1v) is 6.35. The van der Waals surface area contributed by atoms with Crippen molar-refractivity contribution >= 4 is 11.6 Å². The van der Waals surface area contributed by atoms with Gasteiger partial charge in [0.25, 0.3) is 0 Å². The van der Waals surface area contributed by atoms with Gasteiger partial charge in [0.05, 0.1) is 0 Å². The Morgan fingerprint density at radius 2 is 1.62 bits per heavy atom. The lowest BCUT2D eigenvalue weighted by atomic mass is 10.0. The van der Waals surface area contributed by atoms with Crippen LogP contribution in [0.2, 0.25) is 0 Å². The summed E-state index contributed by atoms with van der Waals surface area (Å²) in [5.41, 5.74) is 0.831. The summed E-state index contributed by atoms with van der Waals surface area (Å²) in [4.78, 5) is 0. The van der Waals surface area contributed by atoms with Crippen LogP contribution in [0.1, 0.15) is 37.7 Å². The SMILES string of the molecule is Oc1cccc(CCCCCCCCl)c1O. The topological polar surface area (TPSA) is 40.5 Å². The fraction of sp³-hybridized carbons (Fsp3) is 0.538. The monoisotopic (exact) mass is 242 g/mol. The minimum atomic E-state index is -0.0281. The first-order valence-electron chi connectivity index (χ1n) is 5.81. The second kappa shape index (κ2) is 7.39. The minimum absolute atomic E-state index is 0.0281. The second-order valence-corrected chi connectivity index (χ2v) is 4.37. The minimum Gasteiger partial charge on any atom is -0.504 e. The molecule has 0 bridgehead atoms. The standard InChI is InChI=1S/C13H19ClO2/c14-10-5-3-1-2-4-7-11-8-6-9-12(15)13(11)16/h6,8-9,15-16H,1-5,7,10H2. The molecule has 0 amide bonds. The van der Waals surface area contributed by atoms with E-state index >= 15 is 0 Å². The molecule has 1 aromatic rings. The van der Waals surface area contributed by atoms with Gasteiger partial charge in [0.2, 0.25) is 0 Å². The average Bonchev–Trinajstić information content (AvgIpc) is 2.29. The van der Waals surface area contributed by atoms with Gasteiger partial charge in [-0.1, -0.05) is 31.4 Å². The number of halogens is 1. The molecular formula is C13H19ClO2. The van der Waals surface area contributed by atoms with Gasteiger partial charge in [0, 0.05) is 5.88 Å². The van der Waals surface area contributed by atoms with Gasteiger partial charge in [-0.3, -0.25) is 0 Å². The second-order valence-electron chi connectivity index (χ2n) is 3.99. The van der Waals surface area contributed by atoms with Crippen LogP contribution in [-0.4, -0.2) is 16.1 Å². The van der Waals surface area contributed by atoms with Crippen molar-refractivity contribution in [2.45, 2.75) is 38.5 Å². The van der Waals surface area contributed by atoms with Gasteiger partial charge in [-0.2, -0.15) is 0 Å². The summed E-state index contributed by atoms with van der Waals surface area (Å²) in [5, 5.41) is 18.9. The third kappa shape index (κ3) is 4.31. The molecule has 0 radical (unpaired) electrons. The van der Waals surface area contributed by atoms with E-state index in [-0.39, 0.29) is 11.5 Å². The lowest BCUT2D eigenvalue weighted by Crippen LogP contribution is -1.87. The highest BCUT2D eigenvalue weighted by Crippen LogP contribution is 2.29. The van der Waals surface area contributed by atoms with Gasteiger partial charge in [-0.25, -0.2) is 0 Å². The molecule has 0 heterocycles. The van der Waals surface area contributed by atoms with Crippen LogP contribution in [0.15, 0.2) is 18.2 Å². The summed E-state index contributed by atoms with van der Waals surface area (Å²) in [6, 6.07) is 5.12. The maximum absolute atomic E-state index is 9.57. The van der Waals surface area contributed by atoms with Gasteiger partial charge >= 0.3 is 0 Å². The van der Waals surface area contributed by atoms with Gasteiger partial charge in [0.15, 0.2) is 11.5 Å². The Labute approximate surface area is 102 Å². The highest BCUT2D eigenvalue weighted by Gasteiger charge is 2.04. The Balaban J connectivity index is 2.24. The van der Waals surface area contributed by atoms with Gasteiger partial charge in [-0.15, -0.1) is 11.6 Å². The Hall–Kier alpha value is -0.890. The number of aromatic hydroxyl groups is 2.